The molecule has 0 spiro atoms. The predicted octanol–water partition coefficient (Wildman–Crippen LogP) is 2.78. The first-order chi connectivity index (χ1) is 12.7. The summed E-state index contributed by atoms with van der Waals surface area (Å²) < 4.78 is 14.0. The lowest BCUT2D eigenvalue weighted by Crippen LogP contribution is -2.47. The Morgan fingerprint density at radius 1 is 0.923 bits per heavy atom. The normalized spacial score (nSPS) is 17.7. The van der Waals surface area contributed by atoms with Crippen molar-refractivity contribution in [2.75, 3.05) is 49.1 Å². The molecular weight excluding hydrogens is 331 g/mol. The van der Waals surface area contributed by atoms with Gasteiger partial charge in [0.25, 0.3) is 5.91 Å². The highest BCUT2D eigenvalue weighted by molar-refractivity contribution is 5.95. The molecule has 4 rings (SSSR count). The van der Waals surface area contributed by atoms with E-state index in [4.69, 9.17) is 0 Å². The van der Waals surface area contributed by atoms with E-state index in [0.29, 0.717) is 11.3 Å². The van der Waals surface area contributed by atoms with Crippen molar-refractivity contribution >= 4 is 17.3 Å². The molecule has 6 heteroatoms. The van der Waals surface area contributed by atoms with Crippen molar-refractivity contribution in [3.05, 3.63) is 54.1 Å². The Bertz CT molecular complexity index is 783. The van der Waals surface area contributed by atoms with Crippen LogP contribution in [0.2, 0.25) is 0 Å². The van der Waals surface area contributed by atoms with Crippen LogP contribution >= 0.6 is 0 Å². The third-order valence-electron chi connectivity index (χ3n) is 5.20. The van der Waals surface area contributed by atoms with E-state index in [1.54, 1.807) is 18.5 Å². The number of pyridine rings is 1. The van der Waals surface area contributed by atoms with E-state index >= 15 is 0 Å². The Morgan fingerprint density at radius 2 is 1.62 bits per heavy atom. The lowest BCUT2D eigenvalue weighted by molar-refractivity contribution is 0.0792. The van der Waals surface area contributed by atoms with Gasteiger partial charge in [0.15, 0.2) is 0 Å². The molecule has 0 radical (unpaired) electrons. The van der Waals surface area contributed by atoms with Crippen molar-refractivity contribution in [2.45, 2.75) is 12.8 Å². The zero-order valence-corrected chi connectivity index (χ0v) is 14.8. The maximum atomic E-state index is 14.0. The van der Waals surface area contributed by atoms with Crippen molar-refractivity contribution in [2.24, 2.45) is 0 Å². The van der Waals surface area contributed by atoms with E-state index in [1.165, 1.54) is 6.07 Å². The molecular formula is C20H23FN4O. The summed E-state index contributed by atoms with van der Waals surface area (Å²) in [5.74, 6) is -0.109. The monoisotopic (exact) mass is 354 g/mol. The van der Waals surface area contributed by atoms with Crippen molar-refractivity contribution in [3.8, 4) is 0 Å². The van der Waals surface area contributed by atoms with Gasteiger partial charge in [0, 0.05) is 45.5 Å². The summed E-state index contributed by atoms with van der Waals surface area (Å²) in [6.07, 6.45) is 5.62. The highest BCUT2D eigenvalue weighted by atomic mass is 19.1. The third-order valence-corrected chi connectivity index (χ3v) is 5.20. The molecule has 0 atom stereocenters. The van der Waals surface area contributed by atoms with Crippen LogP contribution in [-0.4, -0.2) is 55.1 Å². The van der Waals surface area contributed by atoms with Gasteiger partial charge in [0.2, 0.25) is 0 Å². The number of carbonyl (C=O) groups excluding carboxylic acids is 1. The predicted molar refractivity (Wildman–Crippen MR) is 100 cm³/mol. The first-order valence-corrected chi connectivity index (χ1v) is 9.21. The van der Waals surface area contributed by atoms with Gasteiger partial charge in [-0.05, 0) is 31.0 Å². The molecule has 0 saturated carbocycles. The van der Waals surface area contributed by atoms with Gasteiger partial charge < -0.3 is 14.7 Å². The Kier molecular flexibility index (Phi) is 4.73. The summed E-state index contributed by atoms with van der Waals surface area (Å²) in [6.45, 7) is 4.71. The highest BCUT2D eigenvalue weighted by Gasteiger charge is 2.23. The smallest absolute Gasteiger partial charge is 0.255 e. The van der Waals surface area contributed by atoms with Gasteiger partial charge in [0.05, 0.1) is 23.1 Å². The van der Waals surface area contributed by atoms with Gasteiger partial charge >= 0.3 is 0 Å². The number of nitrogens with zero attached hydrogens (tertiary/aromatic N) is 4. The van der Waals surface area contributed by atoms with Crippen LogP contribution in [0.3, 0.4) is 0 Å². The average Bonchev–Trinajstić information content (AvgIpc) is 3.23. The minimum atomic E-state index is -0.180. The number of aromatic nitrogens is 1. The lowest BCUT2D eigenvalue weighted by atomic mass is 10.2. The molecule has 0 unspecified atom stereocenters. The molecule has 0 bridgehead atoms. The van der Waals surface area contributed by atoms with E-state index < -0.39 is 0 Å². The van der Waals surface area contributed by atoms with Crippen LogP contribution in [0.1, 0.15) is 23.2 Å². The third kappa shape index (κ3) is 3.36. The zero-order valence-electron chi connectivity index (χ0n) is 14.8. The number of hydrogen-bond acceptors (Lipinski definition) is 4. The van der Waals surface area contributed by atoms with Crippen molar-refractivity contribution < 1.29 is 9.18 Å². The van der Waals surface area contributed by atoms with E-state index in [2.05, 4.69) is 14.8 Å². The SMILES string of the molecule is O=C(c1cncc(N2CCN(c3ccccc3F)CC2)c1)N1CCCC1. The van der Waals surface area contributed by atoms with Crippen LogP contribution in [0.4, 0.5) is 15.8 Å². The van der Waals surface area contributed by atoms with Crippen LogP contribution in [0.5, 0.6) is 0 Å². The van der Waals surface area contributed by atoms with Crippen molar-refractivity contribution in [1.29, 1.82) is 0 Å². The quantitative estimate of drug-likeness (QED) is 0.850. The Hall–Kier alpha value is -2.63. The minimum Gasteiger partial charge on any atom is -0.367 e. The molecule has 2 aromatic rings. The molecule has 2 aliphatic rings. The van der Waals surface area contributed by atoms with Crippen LogP contribution in [-0.2, 0) is 0 Å². The summed E-state index contributed by atoms with van der Waals surface area (Å²) in [5, 5.41) is 0. The molecule has 1 aromatic carbocycles. The molecule has 2 aliphatic heterocycles. The number of halogens is 1. The molecule has 5 nitrogen and oxygen atoms in total. The fraction of sp³-hybridized carbons (Fsp3) is 0.400. The Balaban J connectivity index is 1.44. The molecule has 2 fully saturated rings. The summed E-state index contributed by atoms with van der Waals surface area (Å²) >= 11 is 0. The molecule has 136 valence electrons. The average molecular weight is 354 g/mol. The Morgan fingerprint density at radius 3 is 2.35 bits per heavy atom. The molecule has 1 aromatic heterocycles. The number of benzene rings is 1. The fourth-order valence-corrected chi connectivity index (χ4v) is 3.73. The topological polar surface area (TPSA) is 39.7 Å². The first kappa shape index (κ1) is 16.8. The van der Waals surface area contributed by atoms with Crippen LogP contribution in [0.25, 0.3) is 0 Å². The molecule has 1 amide bonds. The largest absolute Gasteiger partial charge is 0.367 e. The molecule has 0 aliphatic carbocycles. The second-order valence-corrected chi connectivity index (χ2v) is 6.86. The van der Waals surface area contributed by atoms with Gasteiger partial charge in [-0.3, -0.25) is 9.78 Å². The number of likely N-dealkylation sites (tertiary alicyclic amines) is 1. The van der Waals surface area contributed by atoms with Crippen LogP contribution < -0.4 is 9.80 Å². The van der Waals surface area contributed by atoms with Gasteiger partial charge in [-0.2, -0.15) is 0 Å². The number of carbonyl (C=O) groups is 1. The first-order valence-electron chi connectivity index (χ1n) is 9.21. The molecule has 26 heavy (non-hydrogen) atoms. The molecule has 0 N–H and O–H groups in total. The maximum Gasteiger partial charge on any atom is 0.255 e. The minimum absolute atomic E-state index is 0.0712. The lowest BCUT2D eigenvalue weighted by Gasteiger charge is -2.37. The number of rotatable bonds is 3. The molecule has 3 heterocycles. The molecule has 2 saturated heterocycles. The van der Waals surface area contributed by atoms with Gasteiger partial charge in [-0.1, -0.05) is 12.1 Å². The number of anilines is 2. The summed E-state index contributed by atoms with van der Waals surface area (Å²) in [7, 11) is 0. The number of piperazine rings is 1. The number of hydrogen-bond donors (Lipinski definition) is 0. The summed E-state index contributed by atoms with van der Waals surface area (Å²) in [4.78, 5) is 23.0. The van der Waals surface area contributed by atoms with Crippen LogP contribution in [0.15, 0.2) is 42.7 Å². The van der Waals surface area contributed by atoms with Gasteiger partial charge in [0.1, 0.15) is 5.82 Å². The summed E-state index contributed by atoms with van der Waals surface area (Å²) in [6, 6.07) is 8.83. The van der Waals surface area contributed by atoms with E-state index in [0.717, 1.165) is 57.8 Å². The van der Waals surface area contributed by atoms with E-state index in [-0.39, 0.29) is 11.7 Å². The second-order valence-electron chi connectivity index (χ2n) is 6.86. The van der Waals surface area contributed by atoms with Gasteiger partial charge in [-0.25, -0.2) is 4.39 Å². The highest BCUT2D eigenvalue weighted by Crippen LogP contribution is 2.23. The fourth-order valence-electron chi connectivity index (χ4n) is 3.73. The van der Waals surface area contributed by atoms with E-state index in [1.807, 2.05) is 23.1 Å². The zero-order chi connectivity index (χ0) is 17.9. The maximum absolute atomic E-state index is 14.0. The number of para-hydroxylation sites is 1. The second kappa shape index (κ2) is 7.32. The van der Waals surface area contributed by atoms with E-state index in [9.17, 15) is 9.18 Å². The standard InChI is InChI=1S/C20H23FN4O/c21-18-5-1-2-6-19(18)24-11-9-23(10-12-24)17-13-16(14-22-15-17)20(26)25-7-3-4-8-25/h1-2,5-6,13-15H,3-4,7-12H2. The van der Waals surface area contributed by atoms with Gasteiger partial charge in [-0.15, -0.1) is 0 Å². The Labute approximate surface area is 153 Å². The van der Waals surface area contributed by atoms with Crippen molar-refractivity contribution in [3.63, 3.8) is 0 Å². The number of amides is 1. The van der Waals surface area contributed by atoms with Crippen LogP contribution in [0, 0.1) is 5.82 Å². The van der Waals surface area contributed by atoms with Crippen molar-refractivity contribution in [1.82, 2.24) is 9.88 Å². The summed E-state index contributed by atoms with van der Waals surface area (Å²) in [5.41, 5.74) is 2.27.